The van der Waals surface area contributed by atoms with Gasteiger partial charge in [-0.1, -0.05) is 6.92 Å². The summed E-state index contributed by atoms with van der Waals surface area (Å²) in [5.41, 5.74) is 0.259. The first kappa shape index (κ1) is 13.3. The van der Waals surface area contributed by atoms with Crippen LogP contribution in [0.4, 0.5) is 0 Å². The van der Waals surface area contributed by atoms with E-state index in [4.69, 9.17) is 0 Å². The van der Waals surface area contributed by atoms with E-state index in [1.54, 1.807) is 0 Å². The summed E-state index contributed by atoms with van der Waals surface area (Å²) < 4.78 is 0. The number of hydrogen-bond donors (Lipinski definition) is 1. The van der Waals surface area contributed by atoms with Gasteiger partial charge in [-0.2, -0.15) is 0 Å². The molecule has 1 unspecified atom stereocenters. The number of rotatable bonds is 5. The molecule has 0 saturated carbocycles. The quantitative estimate of drug-likeness (QED) is 0.785. The van der Waals surface area contributed by atoms with E-state index in [-0.39, 0.29) is 5.54 Å². The lowest BCUT2D eigenvalue weighted by Gasteiger charge is -2.31. The van der Waals surface area contributed by atoms with Crippen LogP contribution in [0, 0.1) is 0 Å². The third-order valence-corrected chi connectivity index (χ3v) is 4.18. The second-order valence-electron chi connectivity index (χ2n) is 6.33. The fourth-order valence-electron chi connectivity index (χ4n) is 3.45. The van der Waals surface area contributed by atoms with Crippen LogP contribution < -0.4 is 5.32 Å². The Morgan fingerprint density at radius 1 is 1.18 bits per heavy atom. The van der Waals surface area contributed by atoms with E-state index in [0.717, 1.165) is 12.6 Å². The van der Waals surface area contributed by atoms with Crippen LogP contribution in [0.5, 0.6) is 0 Å². The molecule has 0 aromatic rings. The molecule has 1 N–H and O–H groups in total. The van der Waals surface area contributed by atoms with Crippen molar-refractivity contribution in [3.63, 3.8) is 0 Å². The molecule has 0 bridgehead atoms. The minimum atomic E-state index is 0.259. The molecular formula is C14H29N3. The zero-order valence-corrected chi connectivity index (χ0v) is 11.8. The summed E-state index contributed by atoms with van der Waals surface area (Å²) in [5, 5.41) is 3.58. The van der Waals surface area contributed by atoms with Gasteiger partial charge < -0.3 is 5.32 Å². The van der Waals surface area contributed by atoms with E-state index in [2.05, 4.69) is 35.9 Å². The van der Waals surface area contributed by atoms with Gasteiger partial charge >= 0.3 is 0 Å². The van der Waals surface area contributed by atoms with Crippen molar-refractivity contribution in [1.29, 1.82) is 0 Å². The first-order valence-electron chi connectivity index (χ1n) is 7.32. The maximum absolute atomic E-state index is 3.58. The molecule has 0 aromatic carbocycles. The maximum Gasteiger partial charge on any atom is 0.0252 e. The van der Waals surface area contributed by atoms with Crippen LogP contribution >= 0.6 is 0 Å². The molecule has 0 spiro atoms. The van der Waals surface area contributed by atoms with E-state index < -0.39 is 0 Å². The van der Waals surface area contributed by atoms with Gasteiger partial charge in [0.25, 0.3) is 0 Å². The van der Waals surface area contributed by atoms with Gasteiger partial charge in [-0.25, -0.2) is 0 Å². The summed E-state index contributed by atoms with van der Waals surface area (Å²) in [7, 11) is 0. The molecule has 2 saturated heterocycles. The number of hydrogen-bond acceptors (Lipinski definition) is 3. The monoisotopic (exact) mass is 239 g/mol. The lowest BCUT2D eigenvalue weighted by Crippen LogP contribution is -2.49. The predicted octanol–water partition coefficient (Wildman–Crippen LogP) is 1.54. The Hall–Kier alpha value is -0.120. The molecule has 2 aliphatic rings. The first-order chi connectivity index (χ1) is 8.11. The molecule has 2 aliphatic heterocycles. The third kappa shape index (κ3) is 3.67. The van der Waals surface area contributed by atoms with Crippen molar-refractivity contribution in [2.45, 2.75) is 51.6 Å². The Kier molecular flexibility index (Phi) is 4.45. The van der Waals surface area contributed by atoms with Gasteiger partial charge in [-0.05, 0) is 59.3 Å². The van der Waals surface area contributed by atoms with E-state index in [0.29, 0.717) is 0 Å². The van der Waals surface area contributed by atoms with E-state index in [1.807, 2.05) is 0 Å². The highest BCUT2D eigenvalue weighted by Crippen LogP contribution is 2.21. The maximum atomic E-state index is 3.58. The van der Waals surface area contributed by atoms with Crippen LogP contribution in [0.25, 0.3) is 0 Å². The summed E-state index contributed by atoms with van der Waals surface area (Å²) >= 11 is 0. The number of nitrogens with one attached hydrogen (secondary N) is 1. The Morgan fingerprint density at radius 2 is 1.88 bits per heavy atom. The number of nitrogens with zero attached hydrogens (tertiary/aromatic N) is 2. The lowest BCUT2D eigenvalue weighted by molar-refractivity contribution is 0.203. The Bertz CT molecular complexity index is 234. The smallest absolute Gasteiger partial charge is 0.0252 e. The van der Waals surface area contributed by atoms with Crippen molar-refractivity contribution in [2.75, 3.05) is 39.3 Å². The van der Waals surface area contributed by atoms with Crippen LogP contribution in [-0.4, -0.2) is 60.6 Å². The minimum Gasteiger partial charge on any atom is -0.311 e. The highest BCUT2D eigenvalue weighted by molar-refractivity contribution is 4.90. The van der Waals surface area contributed by atoms with Crippen LogP contribution in [-0.2, 0) is 0 Å². The molecule has 0 aliphatic carbocycles. The van der Waals surface area contributed by atoms with E-state index in [1.165, 1.54) is 52.0 Å². The van der Waals surface area contributed by atoms with Gasteiger partial charge in [0.15, 0.2) is 0 Å². The van der Waals surface area contributed by atoms with Gasteiger partial charge in [0.1, 0.15) is 0 Å². The summed E-state index contributed by atoms with van der Waals surface area (Å²) in [6.07, 6.45) is 4.21. The lowest BCUT2D eigenvalue weighted by atomic mass is 10.1. The molecule has 2 heterocycles. The average molecular weight is 239 g/mol. The summed E-state index contributed by atoms with van der Waals surface area (Å²) in [6.45, 7) is 14.3. The topological polar surface area (TPSA) is 18.5 Å². The first-order valence-corrected chi connectivity index (χ1v) is 7.32. The van der Waals surface area contributed by atoms with Crippen molar-refractivity contribution in [1.82, 2.24) is 15.1 Å². The zero-order valence-electron chi connectivity index (χ0n) is 11.8. The van der Waals surface area contributed by atoms with Gasteiger partial charge in [-0.15, -0.1) is 0 Å². The molecule has 100 valence electrons. The molecule has 17 heavy (non-hydrogen) atoms. The normalized spacial score (nSPS) is 28.1. The molecule has 2 rings (SSSR count). The third-order valence-electron chi connectivity index (χ3n) is 4.18. The molecular weight excluding hydrogens is 210 g/mol. The number of likely N-dealkylation sites (N-methyl/N-ethyl adjacent to an activating group) is 1. The standard InChI is InChI=1S/C14H29N3/c1-4-15-14(2,3)12-16-10-7-13(11-16)17-8-5-6-9-17/h13,15H,4-12H2,1-3H3. The highest BCUT2D eigenvalue weighted by Gasteiger charge is 2.31. The van der Waals surface area contributed by atoms with Crippen molar-refractivity contribution >= 4 is 0 Å². The Balaban J connectivity index is 1.77. The largest absolute Gasteiger partial charge is 0.311 e. The van der Waals surface area contributed by atoms with Crippen LogP contribution in [0.1, 0.15) is 40.0 Å². The summed E-state index contributed by atoms with van der Waals surface area (Å²) in [4.78, 5) is 5.35. The van der Waals surface area contributed by atoms with Gasteiger partial charge in [0, 0.05) is 24.7 Å². The van der Waals surface area contributed by atoms with Gasteiger partial charge in [0.2, 0.25) is 0 Å². The fraction of sp³-hybridized carbons (Fsp3) is 1.00. The average Bonchev–Trinajstić information content (AvgIpc) is 2.85. The van der Waals surface area contributed by atoms with Crippen LogP contribution in [0.2, 0.25) is 0 Å². The molecule has 0 radical (unpaired) electrons. The van der Waals surface area contributed by atoms with E-state index in [9.17, 15) is 0 Å². The fourth-order valence-corrected chi connectivity index (χ4v) is 3.45. The molecule has 2 fully saturated rings. The van der Waals surface area contributed by atoms with Crippen molar-refractivity contribution < 1.29 is 0 Å². The highest BCUT2D eigenvalue weighted by atomic mass is 15.3. The predicted molar refractivity (Wildman–Crippen MR) is 73.4 cm³/mol. The Morgan fingerprint density at radius 3 is 2.53 bits per heavy atom. The second kappa shape index (κ2) is 5.68. The number of likely N-dealkylation sites (tertiary alicyclic amines) is 2. The summed E-state index contributed by atoms with van der Waals surface area (Å²) in [6, 6.07) is 0.843. The molecule has 0 amide bonds. The molecule has 3 nitrogen and oxygen atoms in total. The molecule has 1 atom stereocenters. The summed E-state index contributed by atoms with van der Waals surface area (Å²) in [5.74, 6) is 0. The molecule has 0 aromatic heterocycles. The van der Waals surface area contributed by atoms with Crippen molar-refractivity contribution in [3.05, 3.63) is 0 Å². The Labute approximate surface area is 107 Å². The zero-order chi connectivity index (χ0) is 12.3. The SMILES string of the molecule is CCNC(C)(C)CN1CCC(N2CCCC2)C1. The second-order valence-corrected chi connectivity index (χ2v) is 6.33. The van der Waals surface area contributed by atoms with Gasteiger partial charge in [-0.3, -0.25) is 9.80 Å². The van der Waals surface area contributed by atoms with Crippen molar-refractivity contribution in [3.8, 4) is 0 Å². The van der Waals surface area contributed by atoms with Crippen LogP contribution in [0.3, 0.4) is 0 Å². The van der Waals surface area contributed by atoms with Crippen LogP contribution in [0.15, 0.2) is 0 Å². The van der Waals surface area contributed by atoms with E-state index >= 15 is 0 Å². The van der Waals surface area contributed by atoms with Crippen molar-refractivity contribution in [2.24, 2.45) is 0 Å². The minimum absolute atomic E-state index is 0.259. The van der Waals surface area contributed by atoms with Gasteiger partial charge in [0.05, 0.1) is 0 Å². The molecule has 3 heteroatoms.